The molecule has 0 aliphatic heterocycles. The number of para-hydroxylation sites is 1. The molecule has 0 saturated heterocycles. The summed E-state index contributed by atoms with van der Waals surface area (Å²) in [6.07, 6.45) is 6.50. The molecule has 2 heterocycles. The molecule has 0 radical (unpaired) electrons. The van der Waals surface area contributed by atoms with Gasteiger partial charge in [0.25, 0.3) is 5.91 Å². The lowest BCUT2D eigenvalue weighted by Crippen LogP contribution is -2.12. The first kappa shape index (κ1) is 12.1. The van der Waals surface area contributed by atoms with Crippen LogP contribution in [0, 0.1) is 3.57 Å². The first-order valence-corrected chi connectivity index (χ1v) is 6.67. The summed E-state index contributed by atoms with van der Waals surface area (Å²) in [6.45, 7) is 0. The van der Waals surface area contributed by atoms with Gasteiger partial charge in [-0.25, -0.2) is 4.52 Å². The Morgan fingerprint density at radius 2 is 2.11 bits per heavy atom. The SMILES string of the molecule is O=C(Nc1ccccc1I)c1cnn2ccncc12. The van der Waals surface area contributed by atoms with E-state index in [1.807, 2.05) is 24.3 Å². The van der Waals surface area contributed by atoms with Crippen molar-refractivity contribution in [1.82, 2.24) is 14.6 Å². The maximum atomic E-state index is 12.2. The lowest BCUT2D eigenvalue weighted by atomic mass is 10.2. The van der Waals surface area contributed by atoms with Crippen molar-refractivity contribution in [2.75, 3.05) is 5.32 Å². The second kappa shape index (κ2) is 4.96. The van der Waals surface area contributed by atoms with E-state index in [0.29, 0.717) is 11.1 Å². The first-order chi connectivity index (χ1) is 9.25. The van der Waals surface area contributed by atoms with Gasteiger partial charge < -0.3 is 5.32 Å². The average Bonchev–Trinajstić information content (AvgIpc) is 2.85. The predicted octanol–water partition coefficient (Wildman–Crippen LogP) is 2.59. The standard InChI is InChI=1S/C13H9IN4O/c14-10-3-1-2-4-11(10)17-13(19)9-7-16-18-6-5-15-8-12(9)18/h1-8H,(H,17,19). The zero-order chi connectivity index (χ0) is 13.2. The van der Waals surface area contributed by atoms with Crippen molar-refractivity contribution >= 4 is 39.7 Å². The van der Waals surface area contributed by atoms with Gasteiger partial charge in [-0.1, -0.05) is 12.1 Å². The van der Waals surface area contributed by atoms with E-state index in [-0.39, 0.29) is 5.91 Å². The largest absolute Gasteiger partial charge is 0.321 e. The third-order valence-corrected chi connectivity index (χ3v) is 3.63. The van der Waals surface area contributed by atoms with Gasteiger partial charge in [-0.15, -0.1) is 0 Å². The Hall–Kier alpha value is -1.96. The Bertz CT molecular complexity index is 753. The summed E-state index contributed by atoms with van der Waals surface area (Å²) in [6, 6.07) is 7.61. The van der Waals surface area contributed by atoms with E-state index in [9.17, 15) is 4.79 Å². The summed E-state index contributed by atoms with van der Waals surface area (Å²) in [5, 5.41) is 6.99. The number of carbonyl (C=O) groups is 1. The molecular formula is C13H9IN4O. The second-order valence-electron chi connectivity index (χ2n) is 3.90. The molecule has 0 bridgehead atoms. The number of halogens is 1. The zero-order valence-corrected chi connectivity index (χ0v) is 11.9. The van der Waals surface area contributed by atoms with Crippen LogP contribution in [0.4, 0.5) is 5.69 Å². The summed E-state index contributed by atoms with van der Waals surface area (Å²) in [4.78, 5) is 16.3. The molecule has 1 aromatic carbocycles. The van der Waals surface area contributed by atoms with Crippen LogP contribution in [0.25, 0.3) is 5.52 Å². The highest BCUT2D eigenvalue weighted by atomic mass is 127. The van der Waals surface area contributed by atoms with Crippen LogP contribution < -0.4 is 5.32 Å². The fraction of sp³-hybridized carbons (Fsp3) is 0. The molecule has 0 unspecified atom stereocenters. The van der Waals surface area contributed by atoms with Crippen LogP contribution in [0.2, 0.25) is 0 Å². The lowest BCUT2D eigenvalue weighted by molar-refractivity contribution is 0.102. The van der Waals surface area contributed by atoms with Crippen molar-refractivity contribution in [3.63, 3.8) is 0 Å². The van der Waals surface area contributed by atoms with E-state index < -0.39 is 0 Å². The molecule has 3 rings (SSSR count). The number of hydrogen-bond donors (Lipinski definition) is 1. The summed E-state index contributed by atoms with van der Waals surface area (Å²) < 4.78 is 2.61. The van der Waals surface area contributed by atoms with E-state index in [1.54, 1.807) is 29.3 Å². The van der Waals surface area contributed by atoms with Crippen LogP contribution in [0.3, 0.4) is 0 Å². The number of fused-ring (bicyclic) bond motifs is 1. The predicted molar refractivity (Wildman–Crippen MR) is 80.1 cm³/mol. The van der Waals surface area contributed by atoms with Gasteiger partial charge in [0.2, 0.25) is 0 Å². The molecule has 2 aromatic heterocycles. The summed E-state index contributed by atoms with van der Waals surface area (Å²) in [5.41, 5.74) is 1.98. The normalized spacial score (nSPS) is 10.6. The Kier molecular flexibility index (Phi) is 3.16. The molecule has 0 spiro atoms. The van der Waals surface area contributed by atoms with E-state index in [2.05, 4.69) is 38.0 Å². The minimum Gasteiger partial charge on any atom is -0.321 e. The molecule has 1 amide bonds. The third kappa shape index (κ3) is 2.30. The van der Waals surface area contributed by atoms with Gasteiger partial charge in [0.1, 0.15) is 0 Å². The number of nitrogens with zero attached hydrogens (tertiary/aromatic N) is 3. The number of amides is 1. The minimum atomic E-state index is -0.188. The molecule has 94 valence electrons. The van der Waals surface area contributed by atoms with E-state index in [1.165, 1.54) is 0 Å². The van der Waals surface area contributed by atoms with Crippen LogP contribution in [0.15, 0.2) is 49.1 Å². The highest BCUT2D eigenvalue weighted by molar-refractivity contribution is 14.1. The highest BCUT2D eigenvalue weighted by Crippen LogP contribution is 2.18. The Labute approximate surface area is 122 Å². The van der Waals surface area contributed by atoms with Crippen LogP contribution in [-0.4, -0.2) is 20.5 Å². The first-order valence-electron chi connectivity index (χ1n) is 5.59. The Balaban J connectivity index is 1.95. The van der Waals surface area contributed by atoms with Gasteiger partial charge in [-0.3, -0.25) is 9.78 Å². The molecule has 5 nitrogen and oxygen atoms in total. The number of aromatic nitrogens is 3. The van der Waals surface area contributed by atoms with Gasteiger partial charge in [-0.2, -0.15) is 5.10 Å². The topological polar surface area (TPSA) is 59.3 Å². The van der Waals surface area contributed by atoms with Gasteiger partial charge >= 0.3 is 0 Å². The molecule has 0 saturated carbocycles. The number of anilines is 1. The third-order valence-electron chi connectivity index (χ3n) is 2.69. The van der Waals surface area contributed by atoms with Gasteiger partial charge in [0.15, 0.2) is 0 Å². The number of nitrogens with one attached hydrogen (secondary N) is 1. The highest BCUT2D eigenvalue weighted by Gasteiger charge is 2.13. The van der Waals surface area contributed by atoms with Crippen molar-refractivity contribution < 1.29 is 4.79 Å². The number of hydrogen-bond acceptors (Lipinski definition) is 3. The van der Waals surface area contributed by atoms with Gasteiger partial charge in [0, 0.05) is 16.0 Å². The Morgan fingerprint density at radius 3 is 2.95 bits per heavy atom. The quantitative estimate of drug-likeness (QED) is 0.712. The van der Waals surface area contributed by atoms with Crippen LogP contribution >= 0.6 is 22.6 Å². The molecule has 3 aromatic rings. The number of rotatable bonds is 2. The maximum Gasteiger partial charge on any atom is 0.259 e. The molecule has 0 fully saturated rings. The Morgan fingerprint density at radius 1 is 1.26 bits per heavy atom. The molecule has 19 heavy (non-hydrogen) atoms. The van der Waals surface area contributed by atoms with Crippen LogP contribution in [0.1, 0.15) is 10.4 Å². The second-order valence-corrected chi connectivity index (χ2v) is 5.06. The summed E-state index contributed by atoms with van der Waals surface area (Å²) in [7, 11) is 0. The summed E-state index contributed by atoms with van der Waals surface area (Å²) >= 11 is 2.18. The fourth-order valence-corrected chi connectivity index (χ4v) is 2.28. The maximum absolute atomic E-state index is 12.2. The van der Waals surface area contributed by atoms with Crippen molar-refractivity contribution in [2.24, 2.45) is 0 Å². The van der Waals surface area contributed by atoms with Crippen molar-refractivity contribution in [3.05, 3.63) is 58.2 Å². The smallest absolute Gasteiger partial charge is 0.259 e. The van der Waals surface area contributed by atoms with Gasteiger partial charge in [0.05, 0.1) is 29.2 Å². The van der Waals surface area contributed by atoms with Crippen molar-refractivity contribution in [1.29, 1.82) is 0 Å². The number of carbonyl (C=O) groups excluding carboxylic acids is 1. The van der Waals surface area contributed by atoms with E-state index in [4.69, 9.17) is 0 Å². The molecule has 1 N–H and O–H groups in total. The monoisotopic (exact) mass is 364 g/mol. The minimum absolute atomic E-state index is 0.188. The van der Waals surface area contributed by atoms with E-state index >= 15 is 0 Å². The fourth-order valence-electron chi connectivity index (χ4n) is 1.76. The zero-order valence-electron chi connectivity index (χ0n) is 9.75. The molecule has 0 aliphatic rings. The van der Waals surface area contributed by atoms with Crippen LogP contribution in [0.5, 0.6) is 0 Å². The summed E-state index contributed by atoms with van der Waals surface area (Å²) in [5.74, 6) is -0.188. The lowest BCUT2D eigenvalue weighted by Gasteiger charge is -2.05. The number of benzene rings is 1. The van der Waals surface area contributed by atoms with Crippen LogP contribution in [-0.2, 0) is 0 Å². The molecule has 0 atom stereocenters. The molecular weight excluding hydrogens is 355 g/mol. The molecule has 6 heteroatoms. The van der Waals surface area contributed by atoms with Gasteiger partial charge in [-0.05, 0) is 34.7 Å². The van der Waals surface area contributed by atoms with E-state index in [0.717, 1.165) is 9.26 Å². The van der Waals surface area contributed by atoms with Crippen molar-refractivity contribution in [3.8, 4) is 0 Å². The van der Waals surface area contributed by atoms with Crippen molar-refractivity contribution in [2.45, 2.75) is 0 Å². The molecule has 0 aliphatic carbocycles. The average molecular weight is 364 g/mol.